The van der Waals surface area contributed by atoms with Crippen LogP contribution in [-0.2, 0) is 0 Å². The van der Waals surface area contributed by atoms with Crippen molar-refractivity contribution in [3.8, 4) is 34.3 Å². The average Bonchev–Trinajstić information content (AvgIpc) is 3.88. The topological polar surface area (TPSA) is 42.9 Å². The first kappa shape index (κ1) is 30.7. The molecule has 0 saturated heterocycles. The van der Waals surface area contributed by atoms with Crippen LogP contribution in [0.15, 0.2) is 176 Å². The molecule has 0 saturated carbocycles. The van der Waals surface area contributed by atoms with Gasteiger partial charge in [-0.25, -0.2) is 4.85 Å². The molecule has 8 aromatic carbocycles. The van der Waals surface area contributed by atoms with E-state index in [1.165, 1.54) is 27.1 Å². The Bertz CT molecular complexity index is 3370. The second-order valence-electron chi connectivity index (χ2n) is 14.0. The van der Waals surface area contributed by atoms with E-state index in [1.54, 1.807) is 18.2 Å². The van der Waals surface area contributed by atoms with E-state index >= 15 is 0 Å². The molecule has 0 N–H and O–H groups in total. The molecule has 0 aliphatic heterocycles. The zero-order valence-corrected chi connectivity index (χ0v) is 29.5. The van der Waals surface area contributed by atoms with E-state index in [4.69, 9.17) is 6.57 Å². The summed E-state index contributed by atoms with van der Waals surface area (Å²) in [4.78, 5) is 3.89. The number of aromatic nitrogens is 3. The van der Waals surface area contributed by atoms with Crippen molar-refractivity contribution in [2.45, 2.75) is 0 Å². The molecule has 0 amide bonds. The summed E-state index contributed by atoms with van der Waals surface area (Å²) in [6.45, 7) is 8.08. The molecule has 3 heterocycles. The quantitative estimate of drug-likeness (QED) is 0.169. The molecule has 0 fully saturated rings. The summed E-state index contributed by atoms with van der Waals surface area (Å²) in [6, 6.07) is 63.9. The van der Waals surface area contributed by atoms with Gasteiger partial charge in [-0.15, -0.1) is 0 Å². The fourth-order valence-electron chi connectivity index (χ4n) is 8.73. The summed E-state index contributed by atoms with van der Waals surface area (Å²) in [5.74, 6) is 0. The van der Waals surface area contributed by atoms with Crippen LogP contribution in [0.5, 0.6) is 0 Å². The standard InChI is InChI=1S/C50H29N5/c1-52-43-18-11-12-34(31-51)50(43)55-48-26-23-33(32-22-25-47-40(28-32)39-17-7-10-21-46(39)53(47)35-13-3-2-4-14-35)29-41(48)42-30-36(24-27-49(42)55)54-44-19-8-5-15-37(44)38-16-6-9-20-45(38)54/h2-30H. The first-order valence-corrected chi connectivity index (χ1v) is 18.3. The van der Waals surface area contributed by atoms with Crippen molar-refractivity contribution in [3.05, 3.63) is 193 Å². The number of hydrogen-bond acceptors (Lipinski definition) is 1. The van der Waals surface area contributed by atoms with Gasteiger partial charge in [-0.05, 0) is 90.0 Å². The highest BCUT2D eigenvalue weighted by Crippen LogP contribution is 2.42. The number of benzene rings is 8. The molecule has 0 unspecified atom stereocenters. The summed E-state index contributed by atoms with van der Waals surface area (Å²) in [6.07, 6.45) is 0. The highest BCUT2D eigenvalue weighted by Gasteiger charge is 2.21. The maximum absolute atomic E-state index is 10.3. The zero-order chi connectivity index (χ0) is 36.6. The minimum absolute atomic E-state index is 0.439. The number of rotatable bonds is 4. The van der Waals surface area contributed by atoms with Gasteiger partial charge < -0.3 is 13.7 Å². The lowest BCUT2D eigenvalue weighted by atomic mass is 10.0. The molecule has 254 valence electrons. The summed E-state index contributed by atoms with van der Waals surface area (Å²) in [7, 11) is 0. The second-order valence-corrected chi connectivity index (χ2v) is 14.0. The fraction of sp³-hybridized carbons (Fsp3) is 0. The molecule has 0 aliphatic rings. The maximum atomic E-state index is 10.3. The van der Waals surface area contributed by atoms with Gasteiger partial charge >= 0.3 is 0 Å². The Hall–Kier alpha value is -7.86. The highest BCUT2D eigenvalue weighted by molar-refractivity contribution is 6.14. The molecule has 3 aromatic heterocycles. The Kier molecular flexibility index (Phi) is 6.61. The van der Waals surface area contributed by atoms with Crippen LogP contribution in [0.1, 0.15) is 5.56 Å². The van der Waals surface area contributed by atoms with Gasteiger partial charge in [0.2, 0.25) is 5.69 Å². The van der Waals surface area contributed by atoms with Crippen LogP contribution >= 0.6 is 0 Å². The molecule has 0 aliphatic carbocycles. The lowest BCUT2D eigenvalue weighted by Crippen LogP contribution is -1.98. The van der Waals surface area contributed by atoms with Gasteiger partial charge in [-0.3, -0.25) is 0 Å². The van der Waals surface area contributed by atoms with Crippen molar-refractivity contribution in [3.63, 3.8) is 0 Å². The molecule has 0 radical (unpaired) electrons. The Morgan fingerprint density at radius 2 is 0.873 bits per heavy atom. The molecular weight excluding hydrogens is 671 g/mol. The first-order valence-electron chi connectivity index (χ1n) is 18.3. The van der Waals surface area contributed by atoms with E-state index in [9.17, 15) is 5.26 Å². The fourth-order valence-corrected chi connectivity index (χ4v) is 8.73. The smallest absolute Gasteiger partial charge is 0.211 e. The van der Waals surface area contributed by atoms with Gasteiger partial charge in [0.05, 0.1) is 57.0 Å². The average molecular weight is 700 g/mol. The molecule has 0 bridgehead atoms. The van der Waals surface area contributed by atoms with E-state index in [-0.39, 0.29) is 0 Å². The third-order valence-electron chi connectivity index (χ3n) is 11.1. The van der Waals surface area contributed by atoms with E-state index in [1.807, 2.05) is 0 Å². The first-order chi connectivity index (χ1) is 27.2. The van der Waals surface area contributed by atoms with Crippen molar-refractivity contribution >= 4 is 71.1 Å². The minimum Gasteiger partial charge on any atom is -0.318 e. The number of fused-ring (bicyclic) bond motifs is 9. The summed E-state index contributed by atoms with van der Waals surface area (Å²) >= 11 is 0. The lowest BCUT2D eigenvalue weighted by molar-refractivity contribution is 1.16. The van der Waals surface area contributed by atoms with E-state index < -0.39 is 0 Å². The predicted octanol–water partition coefficient (Wildman–Crippen LogP) is 13.1. The van der Waals surface area contributed by atoms with E-state index in [0.717, 1.165) is 60.9 Å². The molecule has 11 aromatic rings. The van der Waals surface area contributed by atoms with Gasteiger partial charge in [0.25, 0.3) is 0 Å². The highest BCUT2D eigenvalue weighted by atomic mass is 15.0. The lowest BCUT2D eigenvalue weighted by Gasteiger charge is -2.13. The van der Waals surface area contributed by atoms with Crippen molar-refractivity contribution < 1.29 is 0 Å². The monoisotopic (exact) mass is 699 g/mol. The number of nitriles is 1. The Labute approximate surface area is 316 Å². The predicted molar refractivity (Wildman–Crippen MR) is 226 cm³/mol. The minimum atomic E-state index is 0.439. The van der Waals surface area contributed by atoms with Crippen LogP contribution in [-0.4, -0.2) is 13.7 Å². The van der Waals surface area contributed by atoms with Crippen molar-refractivity contribution in [1.29, 1.82) is 5.26 Å². The third-order valence-corrected chi connectivity index (χ3v) is 11.1. The van der Waals surface area contributed by atoms with Crippen molar-refractivity contribution in [2.24, 2.45) is 0 Å². The van der Waals surface area contributed by atoms with E-state index in [2.05, 4.69) is 182 Å². The van der Waals surface area contributed by atoms with Crippen LogP contribution in [0.4, 0.5) is 5.69 Å². The number of hydrogen-bond donors (Lipinski definition) is 0. The molecule has 5 nitrogen and oxygen atoms in total. The normalized spacial score (nSPS) is 11.6. The molecule has 0 spiro atoms. The van der Waals surface area contributed by atoms with Crippen LogP contribution in [0.25, 0.3) is 98.5 Å². The second kappa shape index (κ2) is 11.8. The van der Waals surface area contributed by atoms with Crippen molar-refractivity contribution in [2.75, 3.05) is 0 Å². The molecular formula is C50H29N5. The largest absolute Gasteiger partial charge is 0.318 e. The SMILES string of the molecule is [C-]#[N+]c1cccc(C#N)c1-n1c2ccc(-c3ccc4c(c3)c3ccccc3n4-c3ccccc3)cc2c2cc(-n3c4ccccc4c4ccccc43)ccc21. The Morgan fingerprint density at radius 3 is 1.47 bits per heavy atom. The number of para-hydroxylation sites is 5. The Balaban J connectivity index is 1.19. The summed E-state index contributed by atoms with van der Waals surface area (Å²) in [5, 5.41) is 17.2. The zero-order valence-electron chi connectivity index (χ0n) is 29.5. The van der Waals surface area contributed by atoms with Gasteiger partial charge in [0.1, 0.15) is 0 Å². The Morgan fingerprint density at radius 1 is 0.400 bits per heavy atom. The van der Waals surface area contributed by atoms with Crippen molar-refractivity contribution in [1.82, 2.24) is 13.7 Å². The summed E-state index contributed by atoms with van der Waals surface area (Å²) < 4.78 is 6.77. The number of nitrogens with zero attached hydrogens (tertiary/aromatic N) is 5. The third kappa shape index (κ3) is 4.45. The maximum Gasteiger partial charge on any atom is 0.211 e. The van der Waals surface area contributed by atoms with Gasteiger partial charge in [0.15, 0.2) is 0 Å². The van der Waals surface area contributed by atoms with Crippen LogP contribution < -0.4 is 0 Å². The molecule has 11 rings (SSSR count). The van der Waals surface area contributed by atoms with Gasteiger partial charge in [0, 0.05) is 43.7 Å². The van der Waals surface area contributed by atoms with E-state index in [0.29, 0.717) is 16.9 Å². The molecule has 5 heteroatoms. The van der Waals surface area contributed by atoms with Crippen LogP contribution in [0.3, 0.4) is 0 Å². The van der Waals surface area contributed by atoms with Crippen LogP contribution in [0, 0.1) is 17.9 Å². The van der Waals surface area contributed by atoms with Gasteiger partial charge in [-0.2, -0.15) is 5.26 Å². The molecule has 55 heavy (non-hydrogen) atoms. The van der Waals surface area contributed by atoms with Gasteiger partial charge in [-0.1, -0.05) is 97.1 Å². The summed E-state index contributed by atoms with van der Waals surface area (Å²) in [5.41, 5.74) is 12.4. The molecule has 0 atom stereocenters. The van der Waals surface area contributed by atoms with Crippen LogP contribution in [0.2, 0.25) is 0 Å².